The van der Waals surface area contributed by atoms with Gasteiger partial charge in [-0.15, -0.1) is 39.7 Å². The van der Waals surface area contributed by atoms with Crippen molar-refractivity contribution in [3.8, 4) is 0 Å². The first-order chi connectivity index (χ1) is 12.4. The molecule has 0 bridgehead atoms. The van der Waals surface area contributed by atoms with Crippen LogP contribution in [0.3, 0.4) is 0 Å². The van der Waals surface area contributed by atoms with Gasteiger partial charge in [0.2, 0.25) is 0 Å². The van der Waals surface area contributed by atoms with E-state index in [9.17, 15) is 0 Å². The Balaban J connectivity index is 0.000000168. The zero-order valence-electron chi connectivity index (χ0n) is 16.0. The number of hydrogen-bond donors (Lipinski definition) is 0. The van der Waals surface area contributed by atoms with E-state index in [0.29, 0.717) is 0 Å². The molecule has 0 saturated carbocycles. The predicted molar refractivity (Wildman–Crippen MR) is 114 cm³/mol. The van der Waals surface area contributed by atoms with Crippen LogP contribution in [0.15, 0.2) is 54.6 Å². The quantitative estimate of drug-likeness (QED) is 0.232. The Morgan fingerprint density at radius 2 is 1.08 bits per heavy atom. The van der Waals surface area contributed by atoms with Crippen LogP contribution in [0.2, 0.25) is 0 Å². The van der Waals surface area contributed by atoms with E-state index in [2.05, 4.69) is 89.2 Å². The molecule has 0 aromatic heterocycles. The van der Waals surface area contributed by atoms with E-state index in [1.54, 1.807) is 0 Å². The molecular weight excluding hydrogens is 438 g/mol. The van der Waals surface area contributed by atoms with Crippen molar-refractivity contribution >= 4 is 38.6 Å². The van der Waals surface area contributed by atoms with Gasteiger partial charge in [-0.3, -0.25) is 0 Å². The molecule has 134 valence electrons. The molecule has 0 saturated heterocycles. The summed E-state index contributed by atoms with van der Waals surface area (Å²) in [5, 5.41) is 5.39. The number of benzene rings is 2. The number of hydrogen-bond acceptors (Lipinski definition) is 0. The molecule has 0 spiro atoms. The van der Waals surface area contributed by atoms with Crippen molar-refractivity contribution < 1.29 is 20.8 Å². The van der Waals surface area contributed by atoms with Gasteiger partial charge in [0.05, 0.1) is 0 Å². The normalized spacial score (nSPS) is 9.96. The average Bonchev–Trinajstić information content (AvgIpc) is 3.11. The van der Waals surface area contributed by atoms with Gasteiger partial charge in [0.15, 0.2) is 0 Å². The third kappa shape index (κ3) is 4.69. The first-order valence-corrected chi connectivity index (χ1v) is 14.9. The summed E-state index contributed by atoms with van der Waals surface area (Å²) in [7, 11) is 9.87. The van der Waals surface area contributed by atoms with E-state index in [4.69, 9.17) is 17.0 Å². The summed E-state index contributed by atoms with van der Waals surface area (Å²) < 4.78 is 0. The molecule has 0 radical (unpaired) electrons. The molecular formula is C23H24Cl2Zr. The first-order valence-electron chi connectivity index (χ1n) is 8.61. The summed E-state index contributed by atoms with van der Waals surface area (Å²) in [5.74, 6) is 0. The van der Waals surface area contributed by atoms with Gasteiger partial charge in [-0.1, -0.05) is 71.0 Å². The summed E-state index contributed by atoms with van der Waals surface area (Å²) in [4.78, 5) is 0. The van der Waals surface area contributed by atoms with Crippen molar-refractivity contribution in [1.82, 2.24) is 0 Å². The minimum atomic E-state index is -0.826. The van der Waals surface area contributed by atoms with Gasteiger partial charge in [-0.2, -0.15) is 27.8 Å². The van der Waals surface area contributed by atoms with Crippen molar-refractivity contribution in [2.24, 2.45) is 0 Å². The minimum absolute atomic E-state index is 0.826. The van der Waals surface area contributed by atoms with Crippen molar-refractivity contribution in [3.63, 3.8) is 0 Å². The average molecular weight is 463 g/mol. The maximum absolute atomic E-state index is 4.93. The van der Waals surface area contributed by atoms with Crippen molar-refractivity contribution in [3.05, 3.63) is 82.4 Å². The summed E-state index contributed by atoms with van der Waals surface area (Å²) in [6.45, 7) is 11.0. The Labute approximate surface area is 175 Å². The number of halogens is 2. The van der Waals surface area contributed by atoms with Crippen LogP contribution < -0.4 is 0 Å². The molecule has 0 fully saturated rings. The minimum Gasteiger partial charge on any atom is -0.126 e. The standard InChI is InChI=1S/C13H9.C10H15.2ClH.Zr/c1-3-7-12-10(5-1)9-11-6-2-4-8-13(11)12;1-6-7(2)9(4)10(5)8(6)3;;;/h1-9H;1-5H3;2*1H;/q2*-1;;;+4/p-2. The molecule has 0 unspecified atom stereocenters. The van der Waals surface area contributed by atoms with E-state index < -0.39 is 20.8 Å². The zero-order valence-corrected chi connectivity index (χ0v) is 19.9. The second kappa shape index (κ2) is 9.88. The second-order valence-electron chi connectivity index (χ2n) is 6.52. The van der Waals surface area contributed by atoms with E-state index >= 15 is 0 Å². The molecule has 4 aromatic carbocycles. The van der Waals surface area contributed by atoms with Gasteiger partial charge in [0.25, 0.3) is 0 Å². The van der Waals surface area contributed by atoms with E-state index in [0.717, 1.165) is 0 Å². The maximum Gasteiger partial charge on any atom is -0.0771 e. The molecule has 0 heterocycles. The molecule has 0 N–H and O–H groups in total. The number of fused-ring (bicyclic) bond motifs is 3. The molecule has 0 aliphatic rings. The SMILES string of the molecule is Cc1c(C)c(C)[c-](C)c1C.[Cl][Zr+2][Cl].c1ccc2c(c1)[cH-]c1ccccc12. The van der Waals surface area contributed by atoms with Gasteiger partial charge >= 0.3 is 37.9 Å². The molecule has 4 aromatic rings. The maximum atomic E-state index is 4.93. The van der Waals surface area contributed by atoms with Gasteiger partial charge in [0.1, 0.15) is 0 Å². The van der Waals surface area contributed by atoms with Crippen molar-refractivity contribution in [2.75, 3.05) is 0 Å². The molecule has 0 atom stereocenters. The summed E-state index contributed by atoms with van der Waals surface area (Å²) >= 11 is -0.826. The molecule has 0 nitrogen and oxygen atoms in total. The largest absolute Gasteiger partial charge is 0.126 e. The van der Waals surface area contributed by atoms with Crippen LogP contribution in [0.4, 0.5) is 0 Å². The van der Waals surface area contributed by atoms with Crippen LogP contribution in [0.1, 0.15) is 27.8 Å². The van der Waals surface area contributed by atoms with Crippen molar-refractivity contribution in [2.45, 2.75) is 34.6 Å². The fraction of sp³-hybridized carbons (Fsp3) is 0.217. The zero-order chi connectivity index (χ0) is 19.3. The van der Waals surface area contributed by atoms with Crippen LogP contribution in [-0.4, -0.2) is 0 Å². The molecule has 0 amide bonds. The van der Waals surface area contributed by atoms with Gasteiger partial charge < -0.3 is 0 Å². The molecule has 4 rings (SSSR count). The number of rotatable bonds is 0. The fourth-order valence-electron chi connectivity index (χ4n) is 3.31. The van der Waals surface area contributed by atoms with E-state index in [-0.39, 0.29) is 0 Å². The van der Waals surface area contributed by atoms with Gasteiger partial charge in [-0.25, -0.2) is 0 Å². The first kappa shape index (κ1) is 21.4. The Bertz CT molecular complexity index is 862. The molecule has 3 heteroatoms. The summed E-state index contributed by atoms with van der Waals surface area (Å²) in [6, 6.07) is 19.3. The summed E-state index contributed by atoms with van der Waals surface area (Å²) in [5.41, 5.74) is 7.34. The Hall–Kier alpha value is -0.877. The monoisotopic (exact) mass is 460 g/mol. The van der Waals surface area contributed by atoms with E-state index in [1.165, 1.54) is 49.4 Å². The molecule has 0 aliphatic heterocycles. The van der Waals surface area contributed by atoms with Crippen LogP contribution in [0.25, 0.3) is 21.5 Å². The van der Waals surface area contributed by atoms with Gasteiger partial charge in [-0.05, 0) is 0 Å². The fourth-order valence-corrected chi connectivity index (χ4v) is 3.31. The predicted octanol–water partition coefficient (Wildman–Crippen LogP) is 8.04. The third-order valence-electron chi connectivity index (χ3n) is 5.34. The van der Waals surface area contributed by atoms with Crippen LogP contribution in [0.5, 0.6) is 0 Å². The topological polar surface area (TPSA) is 0 Å². The summed E-state index contributed by atoms with van der Waals surface area (Å²) in [6.07, 6.45) is 0. The Kier molecular flexibility index (Phi) is 8.14. The van der Waals surface area contributed by atoms with Crippen LogP contribution in [-0.2, 0) is 20.8 Å². The third-order valence-corrected chi connectivity index (χ3v) is 5.34. The van der Waals surface area contributed by atoms with Crippen molar-refractivity contribution in [1.29, 1.82) is 0 Å². The second-order valence-corrected chi connectivity index (χ2v) is 10.2. The molecule has 26 heavy (non-hydrogen) atoms. The van der Waals surface area contributed by atoms with Gasteiger partial charge in [0, 0.05) is 0 Å². The van der Waals surface area contributed by atoms with E-state index in [1.807, 2.05) is 0 Å². The Morgan fingerprint density at radius 3 is 1.38 bits per heavy atom. The van der Waals surface area contributed by atoms with Crippen LogP contribution >= 0.6 is 17.0 Å². The molecule has 0 aliphatic carbocycles. The smallest absolute Gasteiger partial charge is 0.0771 e. The Morgan fingerprint density at radius 1 is 0.731 bits per heavy atom. The van der Waals surface area contributed by atoms with Crippen LogP contribution in [0, 0.1) is 34.6 Å².